The highest BCUT2D eigenvalue weighted by Gasteiger charge is 2.28. The van der Waals surface area contributed by atoms with Gasteiger partial charge in [0.15, 0.2) is 0 Å². The number of fused-ring (bicyclic) bond motifs is 3. The summed E-state index contributed by atoms with van der Waals surface area (Å²) in [5.41, 5.74) is 12.2. The lowest BCUT2D eigenvalue weighted by Crippen LogP contribution is -2.03. The Morgan fingerprint density at radius 2 is 0.775 bits per heavy atom. The van der Waals surface area contributed by atoms with Crippen molar-refractivity contribution in [2.75, 3.05) is 0 Å². The number of aromatic nitrogens is 3. The van der Waals surface area contributed by atoms with Gasteiger partial charge in [-0.3, -0.25) is 0 Å². The zero-order valence-corrected chi connectivity index (χ0v) is 25.1. The van der Waals surface area contributed by atoms with E-state index in [0.29, 0.717) is 0 Å². The molecule has 206 valence electrons. The third-order valence-corrected chi connectivity index (χ3v) is 8.53. The molecule has 0 aliphatic heterocycles. The van der Waals surface area contributed by atoms with Gasteiger partial charge in [0.05, 0.1) is 0 Å². The number of aryl methyl sites for hydroxylation is 6. The number of rotatable bonds is 9. The monoisotopic (exact) mass is 529 g/mol. The van der Waals surface area contributed by atoms with Crippen molar-refractivity contribution in [1.82, 2.24) is 13.7 Å². The summed E-state index contributed by atoms with van der Waals surface area (Å²) in [6.07, 6.45) is 10.7. The Kier molecular flexibility index (Phi) is 7.08. The predicted molar refractivity (Wildman–Crippen MR) is 172 cm³/mol. The van der Waals surface area contributed by atoms with Gasteiger partial charge in [0.1, 0.15) is 0 Å². The van der Waals surface area contributed by atoms with Crippen LogP contribution < -0.4 is 0 Å². The van der Waals surface area contributed by atoms with E-state index < -0.39 is 0 Å². The molecular formula is C37H43N3. The molecule has 0 amide bonds. The topological polar surface area (TPSA) is 14.8 Å². The van der Waals surface area contributed by atoms with Crippen molar-refractivity contribution in [1.29, 1.82) is 0 Å². The normalized spacial score (nSPS) is 12.1. The lowest BCUT2D eigenvalue weighted by atomic mass is 9.84. The van der Waals surface area contributed by atoms with Crippen LogP contribution in [0.3, 0.4) is 0 Å². The van der Waals surface area contributed by atoms with Gasteiger partial charge in [-0.1, -0.05) is 57.2 Å². The number of hydrogen-bond acceptors (Lipinski definition) is 0. The van der Waals surface area contributed by atoms with E-state index >= 15 is 0 Å². The highest BCUT2D eigenvalue weighted by atomic mass is 15.0. The molecule has 0 bridgehead atoms. The molecule has 3 aromatic carbocycles. The minimum atomic E-state index is 0.134. The van der Waals surface area contributed by atoms with Crippen LogP contribution in [0.2, 0.25) is 0 Å². The van der Waals surface area contributed by atoms with Crippen LogP contribution in [0.25, 0.3) is 32.7 Å². The van der Waals surface area contributed by atoms with E-state index in [1.165, 1.54) is 66.1 Å². The Morgan fingerprint density at radius 3 is 1.05 bits per heavy atom. The molecule has 0 aliphatic rings. The van der Waals surface area contributed by atoms with Crippen molar-refractivity contribution < 1.29 is 0 Å². The molecule has 0 saturated heterocycles. The fourth-order valence-electron chi connectivity index (χ4n) is 6.76. The average Bonchev–Trinajstić information content (AvgIpc) is 3.58. The van der Waals surface area contributed by atoms with Crippen molar-refractivity contribution in [3.63, 3.8) is 0 Å². The first-order valence-corrected chi connectivity index (χ1v) is 15.2. The fraction of sp³-hybridized carbons (Fsp3) is 0.351. The quantitative estimate of drug-likeness (QED) is 0.177. The molecule has 0 unspecified atom stereocenters. The predicted octanol–water partition coefficient (Wildman–Crippen LogP) is 9.89. The second-order valence-electron chi connectivity index (χ2n) is 11.8. The first-order valence-electron chi connectivity index (χ1n) is 15.2. The lowest BCUT2D eigenvalue weighted by molar-refractivity contribution is 0.692. The molecule has 6 aromatic rings. The Balaban J connectivity index is 1.72. The van der Waals surface area contributed by atoms with Gasteiger partial charge in [-0.2, -0.15) is 0 Å². The van der Waals surface area contributed by atoms with Crippen molar-refractivity contribution in [3.8, 4) is 0 Å². The van der Waals surface area contributed by atoms with E-state index in [4.69, 9.17) is 0 Å². The van der Waals surface area contributed by atoms with Crippen LogP contribution in [-0.2, 0) is 19.6 Å². The maximum Gasteiger partial charge on any atom is 0.0486 e. The van der Waals surface area contributed by atoms with Crippen LogP contribution in [0.15, 0.2) is 73.2 Å². The van der Waals surface area contributed by atoms with Crippen LogP contribution >= 0.6 is 0 Å². The first kappa shape index (κ1) is 26.5. The van der Waals surface area contributed by atoms with E-state index in [9.17, 15) is 0 Å². The standard InChI is InChI=1S/C37H43N3/c1-7-16-38-22-31(28-13-10-25(4)19-34(28)38)37(32-23-39(17-8-2)35-20-26(5)11-14-29(32)35)33-24-40(18-9-3)36-21-27(6)12-15-30(33)36/h10-15,19-24,37H,7-9,16-18H2,1-6H3. The van der Waals surface area contributed by atoms with Crippen LogP contribution in [0, 0.1) is 20.8 Å². The molecule has 3 heterocycles. The Hall–Kier alpha value is -3.72. The SMILES string of the molecule is CCCn1cc(C(c2cn(CCC)c3cc(C)ccc23)c2cn(CCC)c3cc(C)ccc23)c2ccc(C)cc21. The van der Waals surface area contributed by atoms with Crippen molar-refractivity contribution in [2.45, 2.75) is 86.4 Å². The third-order valence-electron chi connectivity index (χ3n) is 8.53. The molecule has 0 spiro atoms. The van der Waals surface area contributed by atoms with Crippen LogP contribution in [-0.4, -0.2) is 13.7 Å². The second-order valence-corrected chi connectivity index (χ2v) is 11.8. The Morgan fingerprint density at radius 1 is 0.475 bits per heavy atom. The summed E-state index contributed by atoms with van der Waals surface area (Å²) >= 11 is 0. The van der Waals surface area contributed by atoms with Gasteiger partial charge in [-0.05, 0) is 91.6 Å². The molecule has 0 radical (unpaired) electrons. The van der Waals surface area contributed by atoms with E-state index in [1.54, 1.807) is 0 Å². The first-order chi connectivity index (χ1) is 19.4. The summed E-state index contributed by atoms with van der Waals surface area (Å²) in [6.45, 7) is 16.5. The largest absolute Gasteiger partial charge is 0.347 e. The summed E-state index contributed by atoms with van der Waals surface area (Å²) in [4.78, 5) is 0. The second kappa shape index (κ2) is 10.7. The van der Waals surface area contributed by atoms with Gasteiger partial charge in [-0.15, -0.1) is 0 Å². The fourth-order valence-corrected chi connectivity index (χ4v) is 6.76. The minimum absolute atomic E-state index is 0.134. The summed E-state index contributed by atoms with van der Waals surface area (Å²) in [5, 5.41) is 4.11. The highest BCUT2D eigenvalue weighted by Crippen LogP contribution is 2.44. The zero-order chi connectivity index (χ0) is 28.0. The minimum Gasteiger partial charge on any atom is -0.347 e. The van der Waals surface area contributed by atoms with Gasteiger partial charge >= 0.3 is 0 Å². The van der Waals surface area contributed by atoms with E-state index in [1.807, 2.05) is 0 Å². The van der Waals surface area contributed by atoms with Crippen LogP contribution in [0.1, 0.15) is 79.3 Å². The number of benzene rings is 3. The van der Waals surface area contributed by atoms with Crippen LogP contribution in [0.5, 0.6) is 0 Å². The summed E-state index contributed by atoms with van der Waals surface area (Å²) in [7, 11) is 0. The molecule has 40 heavy (non-hydrogen) atoms. The Bertz CT molecular complexity index is 1610. The van der Waals surface area contributed by atoms with Gasteiger partial charge in [0.2, 0.25) is 0 Å². The third kappa shape index (κ3) is 4.46. The number of hydrogen-bond donors (Lipinski definition) is 0. The van der Waals surface area contributed by atoms with E-state index in [2.05, 4.69) is 128 Å². The molecule has 3 aromatic heterocycles. The van der Waals surface area contributed by atoms with Gasteiger partial charge in [0, 0.05) is 76.9 Å². The summed E-state index contributed by atoms with van der Waals surface area (Å²) in [6, 6.07) is 21.1. The molecule has 3 nitrogen and oxygen atoms in total. The van der Waals surface area contributed by atoms with Gasteiger partial charge in [-0.25, -0.2) is 0 Å². The van der Waals surface area contributed by atoms with Gasteiger partial charge < -0.3 is 13.7 Å². The average molecular weight is 530 g/mol. The van der Waals surface area contributed by atoms with Crippen molar-refractivity contribution in [2.24, 2.45) is 0 Å². The summed E-state index contributed by atoms with van der Waals surface area (Å²) < 4.78 is 7.49. The molecule has 0 aliphatic carbocycles. The maximum absolute atomic E-state index is 2.50. The summed E-state index contributed by atoms with van der Waals surface area (Å²) in [5.74, 6) is 0.134. The zero-order valence-electron chi connectivity index (χ0n) is 25.1. The molecule has 0 fully saturated rings. The molecular weight excluding hydrogens is 486 g/mol. The smallest absolute Gasteiger partial charge is 0.0486 e. The lowest BCUT2D eigenvalue weighted by Gasteiger charge is -2.17. The van der Waals surface area contributed by atoms with Crippen molar-refractivity contribution >= 4 is 32.7 Å². The molecule has 0 saturated carbocycles. The highest BCUT2D eigenvalue weighted by molar-refractivity contribution is 5.94. The molecule has 0 atom stereocenters. The molecule has 6 rings (SSSR count). The number of nitrogens with zero attached hydrogens (tertiary/aromatic N) is 3. The van der Waals surface area contributed by atoms with Crippen LogP contribution in [0.4, 0.5) is 0 Å². The molecule has 0 N–H and O–H groups in total. The van der Waals surface area contributed by atoms with E-state index in [0.717, 1.165) is 38.9 Å². The van der Waals surface area contributed by atoms with Crippen molar-refractivity contribution in [3.05, 3.63) is 107 Å². The maximum atomic E-state index is 2.50. The van der Waals surface area contributed by atoms with Gasteiger partial charge in [0.25, 0.3) is 0 Å². The van der Waals surface area contributed by atoms with E-state index in [-0.39, 0.29) is 5.92 Å². The molecule has 3 heteroatoms. The Labute approximate surface area is 239 Å².